The minimum Gasteiger partial charge on any atom is -0.441 e. The molecule has 0 aliphatic heterocycles. The first-order chi connectivity index (χ1) is 12.6. The second-order valence-corrected chi connectivity index (χ2v) is 8.20. The molecule has 1 amide bonds. The number of halogens is 1. The number of nitrogens with zero attached hydrogens (tertiary/aromatic N) is 1. The maximum Gasteiger partial charge on any atom is 0.220 e. The Morgan fingerprint density at radius 2 is 2.19 bits per heavy atom. The molecule has 5 heteroatoms. The lowest BCUT2D eigenvalue weighted by molar-refractivity contribution is -0.122. The molecule has 4 atom stereocenters. The van der Waals surface area contributed by atoms with E-state index in [9.17, 15) is 4.79 Å². The van der Waals surface area contributed by atoms with E-state index in [0.717, 1.165) is 17.4 Å². The van der Waals surface area contributed by atoms with Gasteiger partial charge in [-0.25, -0.2) is 4.98 Å². The van der Waals surface area contributed by atoms with Gasteiger partial charge in [0.25, 0.3) is 0 Å². The smallest absolute Gasteiger partial charge is 0.220 e. The van der Waals surface area contributed by atoms with Gasteiger partial charge in [0.05, 0.1) is 11.2 Å². The molecule has 138 valence electrons. The molecule has 4 nitrogen and oxygen atoms in total. The lowest BCUT2D eigenvalue weighted by atomic mass is 9.84. The summed E-state index contributed by atoms with van der Waals surface area (Å²) in [6, 6.07) is 7.78. The molecule has 2 bridgehead atoms. The monoisotopic (exact) mass is 372 g/mol. The number of nitrogens with one attached hydrogen (secondary N) is 1. The Balaban J connectivity index is 1.29. The molecular formula is C21H25ClN2O2. The summed E-state index contributed by atoms with van der Waals surface area (Å²) in [7, 11) is 0. The van der Waals surface area contributed by atoms with E-state index < -0.39 is 0 Å². The van der Waals surface area contributed by atoms with Crippen molar-refractivity contribution in [2.75, 3.05) is 0 Å². The van der Waals surface area contributed by atoms with Gasteiger partial charge in [0.1, 0.15) is 0 Å². The molecule has 2 aliphatic rings. The largest absolute Gasteiger partial charge is 0.441 e. The van der Waals surface area contributed by atoms with Crippen molar-refractivity contribution in [3.05, 3.63) is 41.4 Å². The van der Waals surface area contributed by atoms with Crippen LogP contribution in [0.25, 0.3) is 11.3 Å². The number of aryl methyl sites for hydroxylation is 1. The molecule has 2 aliphatic carbocycles. The fraction of sp³-hybridized carbons (Fsp3) is 0.524. The molecule has 0 radical (unpaired) electrons. The Kier molecular flexibility index (Phi) is 5.03. The minimum atomic E-state index is 0.0813. The number of aromatic nitrogens is 1. The standard InChI is InChI=1S/C21H25ClN2O2/c1-13(17-11-14-6-7-15(17)10-14)24-20(25)8-9-21-23-12-19(26-21)16-4-2-3-5-18(16)22/h2-5,12-15,17H,6-11H2,1H3,(H,24,25). The molecule has 1 N–H and O–H groups in total. The molecule has 2 saturated carbocycles. The van der Waals surface area contributed by atoms with E-state index in [1.165, 1.54) is 25.7 Å². The summed E-state index contributed by atoms with van der Waals surface area (Å²) in [4.78, 5) is 16.6. The third-order valence-electron chi connectivity index (χ3n) is 6.08. The zero-order valence-electron chi connectivity index (χ0n) is 15.1. The lowest BCUT2D eigenvalue weighted by Crippen LogP contribution is -2.40. The molecule has 4 rings (SSSR count). The summed E-state index contributed by atoms with van der Waals surface area (Å²) in [6.45, 7) is 2.16. The van der Waals surface area contributed by atoms with Crippen LogP contribution in [0.3, 0.4) is 0 Å². The predicted molar refractivity (Wildman–Crippen MR) is 102 cm³/mol. The molecule has 2 fully saturated rings. The van der Waals surface area contributed by atoms with E-state index in [1.807, 2.05) is 24.3 Å². The highest BCUT2D eigenvalue weighted by Crippen LogP contribution is 2.49. The highest BCUT2D eigenvalue weighted by molar-refractivity contribution is 6.33. The highest BCUT2D eigenvalue weighted by Gasteiger charge is 2.42. The number of carbonyl (C=O) groups is 1. The van der Waals surface area contributed by atoms with Crippen LogP contribution in [0.2, 0.25) is 5.02 Å². The van der Waals surface area contributed by atoms with E-state index in [4.69, 9.17) is 16.0 Å². The van der Waals surface area contributed by atoms with Crippen molar-refractivity contribution in [1.82, 2.24) is 10.3 Å². The van der Waals surface area contributed by atoms with Crippen LogP contribution in [-0.2, 0) is 11.2 Å². The van der Waals surface area contributed by atoms with Crippen LogP contribution < -0.4 is 5.32 Å². The van der Waals surface area contributed by atoms with E-state index in [1.54, 1.807) is 6.20 Å². The maximum absolute atomic E-state index is 12.3. The number of hydrogen-bond donors (Lipinski definition) is 1. The van der Waals surface area contributed by atoms with Crippen molar-refractivity contribution in [2.24, 2.45) is 17.8 Å². The van der Waals surface area contributed by atoms with Crippen molar-refractivity contribution in [2.45, 2.75) is 51.5 Å². The number of oxazole rings is 1. The molecular weight excluding hydrogens is 348 g/mol. The molecule has 1 aromatic heterocycles. The Hall–Kier alpha value is -1.81. The zero-order valence-corrected chi connectivity index (χ0v) is 15.8. The predicted octanol–water partition coefficient (Wildman–Crippen LogP) is 4.87. The summed E-state index contributed by atoms with van der Waals surface area (Å²) in [5.74, 6) is 3.67. The fourth-order valence-electron chi connectivity index (χ4n) is 4.77. The van der Waals surface area contributed by atoms with Gasteiger partial charge >= 0.3 is 0 Å². The number of rotatable bonds is 6. The van der Waals surface area contributed by atoms with Gasteiger partial charge in [0, 0.05) is 24.4 Å². The van der Waals surface area contributed by atoms with E-state index in [0.29, 0.717) is 35.4 Å². The first kappa shape index (κ1) is 17.6. The topological polar surface area (TPSA) is 55.1 Å². The van der Waals surface area contributed by atoms with Crippen LogP contribution in [0.5, 0.6) is 0 Å². The first-order valence-electron chi connectivity index (χ1n) is 9.59. The van der Waals surface area contributed by atoms with Crippen LogP contribution in [0.15, 0.2) is 34.9 Å². The van der Waals surface area contributed by atoms with Crippen LogP contribution in [0, 0.1) is 17.8 Å². The van der Waals surface area contributed by atoms with Gasteiger partial charge in [0.2, 0.25) is 5.91 Å². The summed E-state index contributed by atoms with van der Waals surface area (Å²) < 4.78 is 5.77. The quantitative estimate of drug-likeness (QED) is 0.787. The SMILES string of the molecule is CC(NC(=O)CCc1ncc(-c2ccccc2Cl)o1)C1CC2CCC1C2. The van der Waals surface area contributed by atoms with Gasteiger partial charge < -0.3 is 9.73 Å². The first-order valence-corrected chi connectivity index (χ1v) is 9.97. The van der Waals surface area contributed by atoms with Crippen molar-refractivity contribution in [3.63, 3.8) is 0 Å². The van der Waals surface area contributed by atoms with Gasteiger partial charge in [-0.1, -0.05) is 30.2 Å². The molecule has 1 heterocycles. The number of fused-ring (bicyclic) bond motifs is 2. The molecule has 1 aromatic carbocycles. The second kappa shape index (κ2) is 7.43. The Bertz CT molecular complexity index is 788. The second-order valence-electron chi connectivity index (χ2n) is 7.79. The Labute approximate surface area is 159 Å². The molecule has 0 saturated heterocycles. The van der Waals surface area contributed by atoms with Crippen LogP contribution in [0.1, 0.15) is 44.9 Å². The number of amides is 1. The number of hydrogen-bond acceptors (Lipinski definition) is 3. The third kappa shape index (κ3) is 3.66. The van der Waals surface area contributed by atoms with Crippen molar-refractivity contribution in [3.8, 4) is 11.3 Å². The van der Waals surface area contributed by atoms with Crippen LogP contribution >= 0.6 is 11.6 Å². The van der Waals surface area contributed by atoms with Crippen LogP contribution in [-0.4, -0.2) is 16.9 Å². The van der Waals surface area contributed by atoms with Crippen molar-refractivity contribution < 1.29 is 9.21 Å². The molecule has 2 aromatic rings. The summed E-state index contributed by atoms with van der Waals surface area (Å²) in [5.41, 5.74) is 0.822. The fourth-order valence-corrected chi connectivity index (χ4v) is 5.00. The van der Waals surface area contributed by atoms with E-state index in [2.05, 4.69) is 17.2 Å². The average molecular weight is 373 g/mol. The Morgan fingerprint density at radius 3 is 2.92 bits per heavy atom. The van der Waals surface area contributed by atoms with Gasteiger partial charge in [0.15, 0.2) is 11.7 Å². The molecule has 4 unspecified atom stereocenters. The van der Waals surface area contributed by atoms with E-state index >= 15 is 0 Å². The number of benzene rings is 1. The van der Waals surface area contributed by atoms with Crippen molar-refractivity contribution in [1.29, 1.82) is 0 Å². The average Bonchev–Trinajstić information content (AvgIpc) is 3.37. The van der Waals surface area contributed by atoms with Gasteiger partial charge in [-0.2, -0.15) is 0 Å². The van der Waals surface area contributed by atoms with Gasteiger partial charge in [-0.15, -0.1) is 0 Å². The lowest BCUT2D eigenvalue weighted by Gasteiger charge is -2.28. The summed E-state index contributed by atoms with van der Waals surface area (Å²) in [5, 5.41) is 3.83. The summed E-state index contributed by atoms with van der Waals surface area (Å²) in [6.07, 6.45) is 7.95. The highest BCUT2D eigenvalue weighted by atomic mass is 35.5. The van der Waals surface area contributed by atoms with Gasteiger partial charge in [-0.05, 0) is 56.1 Å². The Morgan fingerprint density at radius 1 is 1.35 bits per heavy atom. The van der Waals surface area contributed by atoms with Crippen LogP contribution in [0.4, 0.5) is 0 Å². The normalized spacial score (nSPS) is 25.4. The maximum atomic E-state index is 12.3. The molecule has 0 spiro atoms. The number of carbonyl (C=O) groups excluding carboxylic acids is 1. The summed E-state index contributed by atoms with van der Waals surface area (Å²) >= 11 is 6.19. The van der Waals surface area contributed by atoms with Crippen molar-refractivity contribution >= 4 is 17.5 Å². The zero-order chi connectivity index (χ0) is 18.1. The molecule has 26 heavy (non-hydrogen) atoms. The van der Waals surface area contributed by atoms with Gasteiger partial charge in [-0.3, -0.25) is 4.79 Å². The third-order valence-corrected chi connectivity index (χ3v) is 6.41. The van der Waals surface area contributed by atoms with E-state index in [-0.39, 0.29) is 11.9 Å². The minimum absolute atomic E-state index is 0.0813.